The highest BCUT2D eigenvalue weighted by atomic mass is 32.2. The van der Waals surface area contributed by atoms with Gasteiger partial charge in [-0.1, -0.05) is 30.3 Å². The fraction of sp³-hybridized carbons (Fsp3) is 0.667. The molecule has 118 valence electrons. The zero-order chi connectivity index (χ0) is 15.1. The lowest BCUT2D eigenvalue weighted by Crippen LogP contribution is -2.46. The molecule has 0 spiro atoms. The van der Waals surface area contributed by atoms with Crippen molar-refractivity contribution in [2.45, 2.75) is 43.9 Å². The number of nitrogens with one attached hydrogen (secondary N) is 1. The molecular formula is C18H30N2S. The van der Waals surface area contributed by atoms with Gasteiger partial charge in [0.25, 0.3) is 0 Å². The summed E-state index contributed by atoms with van der Waals surface area (Å²) in [4.78, 5) is 2.62. The van der Waals surface area contributed by atoms with Crippen LogP contribution in [0.2, 0.25) is 0 Å². The molecule has 0 unspecified atom stereocenters. The lowest BCUT2D eigenvalue weighted by atomic mass is 10.0. The fourth-order valence-electron chi connectivity index (χ4n) is 2.75. The molecule has 1 N–H and O–H groups in total. The van der Waals surface area contributed by atoms with Gasteiger partial charge >= 0.3 is 0 Å². The standard InChI is InChI=1S/C18H30N2S/c1-18(2,21-3)15-19-17-10-13-20(14-11-17)12-9-16-7-5-4-6-8-16/h4-8,17,19H,9-15H2,1-3H3. The van der Waals surface area contributed by atoms with E-state index in [1.165, 1.54) is 44.5 Å². The zero-order valence-corrected chi connectivity index (χ0v) is 14.6. The van der Waals surface area contributed by atoms with E-state index in [1.54, 1.807) is 0 Å². The normalized spacial score (nSPS) is 18.0. The second-order valence-corrected chi connectivity index (χ2v) is 8.21. The van der Waals surface area contributed by atoms with E-state index >= 15 is 0 Å². The first-order valence-electron chi connectivity index (χ1n) is 8.14. The maximum absolute atomic E-state index is 3.76. The van der Waals surface area contributed by atoms with Crippen molar-refractivity contribution in [2.75, 3.05) is 32.4 Å². The molecular weight excluding hydrogens is 276 g/mol. The van der Waals surface area contributed by atoms with Gasteiger partial charge in [0, 0.05) is 23.9 Å². The predicted octanol–water partition coefficient (Wildman–Crippen LogP) is 3.42. The molecule has 1 fully saturated rings. The van der Waals surface area contributed by atoms with Crippen LogP contribution in [-0.2, 0) is 6.42 Å². The van der Waals surface area contributed by atoms with Crippen molar-refractivity contribution in [3.05, 3.63) is 35.9 Å². The summed E-state index contributed by atoms with van der Waals surface area (Å²) in [6.07, 6.45) is 5.96. The van der Waals surface area contributed by atoms with Crippen LogP contribution in [0.4, 0.5) is 0 Å². The van der Waals surface area contributed by atoms with Crippen LogP contribution in [0, 0.1) is 0 Å². The fourth-order valence-corrected chi connectivity index (χ4v) is 2.98. The number of hydrogen-bond donors (Lipinski definition) is 1. The topological polar surface area (TPSA) is 15.3 Å². The van der Waals surface area contributed by atoms with Crippen LogP contribution >= 0.6 is 11.8 Å². The molecule has 1 heterocycles. The monoisotopic (exact) mass is 306 g/mol. The lowest BCUT2D eigenvalue weighted by Gasteiger charge is -2.34. The van der Waals surface area contributed by atoms with Gasteiger partial charge in [0.15, 0.2) is 0 Å². The van der Waals surface area contributed by atoms with Crippen molar-refractivity contribution >= 4 is 11.8 Å². The first-order chi connectivity index (χ1) is 10.1. The Kier molecular flexibility index (Phi) is 6.59. The maximum Gasteiger partial charge on any atom is 0.0225 e. The van der Waals surface area contributed by atoms with Gasteiger partial charge in [-0.25, -0.2) is 0 Å². The van der Waals surface area contributed by atoms with E-state index in [4.69, 9.17) is 0 Å². The van der Waals surface area contributed by atoms with Crippen LogP contribution in [-0.4, -0.2) is 48.1 Å². The SMILES string of the molecule is CSC(C)(C)CNC1CCN(CCc2ccccc2)CC1. The van der Waals surface area contributed by atoms with Crippen LogP contribution in [0.25, 0.3) is 0 Å². The van der Waals surface area contributed by atoms with Gasteiger partial charge in [-0.3, -0.25) is 0 Å². The minimum atomic E-state index is 0.352. The molecule has 0 radical (unpaired) electrons. The smallest absolute Gasteiger partial charge is 0.0225 e. The molecule has 21 heavy (non-hydrogen) atoms. The van der Waals surface area contributed by atoms with Gasteiger partial charge in [0.2, 0.25) is 0 Å². The summed E-state index contributed by atoms with van der Waals surface area (Å²) < 4.78 is 0.352. The van der Waals surface area contributed by atoms with E-state index < -0.39 is 0 Å². The molecule has 0 bridgehead atoms. The van der Waals surface area contributed by atoms with E-state index in [-0.39, 0.29) is 0 Å². The highest BCUT2D eigenvalue weighted by molar-refractivity contribution is 7.99. The van der Waals surface area contributed by atoms with E-state index in [0.717, 1.165) is 6.54 Å². The molecule has 2 nitrogen and oxygen atoms in total. The van der Waals surface area contributed by atoms with Crippen LogP contribution in [0.1, 0.15) is 32.3 Å². The third-order valence-corrected chi connectivity index (χ3v) is 5.77. The quantitative estimate of drug-likeness (QED) is 0.831. The summed E-state index contributed by atoms with van der Waals surface area (Å²) in [5.41, 5.74) is 1.46. The maximum atomic E-state index is 3.76. The van der Waals surface area contributed by atoms with Gasteiger partial charge in [-0.05, 0) is 58.0 Å². The van der Waals surface area contributed by atoms with Crippen molar-refractivity contribution in [1.82, 2.24) is 10.2 Å². The van der Waals surface area contributed by atoms with Gasteiger partial charge in [-0.2, -0.15) is 11.8 Å². The summed E-state index contributed by atoms with van der Waals surface area (Å²) in [5.74, 6) is 0. The van der Waals surface area contributed by atoms with Gasteiger partial charge in [0.1, 0.15) is 0 Å². The van der Waals surface area contributed by atoms with Crippen molar-refractivity contribution in [3.63, 3.8) is 0 Å². The highest BCUT2D eigenvalue weighted by Gasteiger charge is 2.22. The number of likely N-dealkylation sites (tertiary alicyclic amines) is 1. The largest absolute Gasteiger partial charge is 0.313 e. The average molecular weight is 307 g/mol. The molecule has 0 amide bonds. The number of rotatable bonds is 7. The molecule has 1 aromatic rings. The second kappa shape index (κ2) is 8.21. The molecule has 1 aromatic carbocycles. The summed E-state index contributed by atoms with van der Waals surface area (Å²) in [6.45, 7) is 9.43. The Bertz CT molecular complexity index is 397. The third-order valence-electron chi connectivity index (χ3n) is 4.52. The van der Waals surface area contributed by atoms with E-state index in [2.05, 4.69) is 60.7 Å². The Morgan fingerprint density at radius 2 is 1.86 bits per heavy atom. The van der Waals surface area contributed by atoms with Crippen molar-refractivity contribution in [3.8, 4) is 0 Å². The third kappa shape index (κ3) is 6.01. The van der Waals surface area contributed by atoms with Crippen molar-refractivity contribution < 1.29 is 0 Å². The van der Waals surface area contributed by atoms with E-state index in [1.807, 2.05) is 11.8 Å². The minimum Gasteiger partial charge on any atom is -0.313 e. The summed E-state index contributed by atoms with van der Waals surface area (Å²) in [7, 11) is 0. The van der Waals surface area contributed by atoms with Crippen LogP contribution in [0.5, 0.6) is 0 Å². The second-order valence-electron chi connectivity index (χ2n) is 6.70. The Balaban J connectivity index is 1.64. The zero-order valence-electron chi connectivity index (χ0n) is 13.8. The highest BCUT2D eigenvalue weighted by Crippen LogP contribution is 2.21. The van der Waals surface area contributed by atoms with E-state index in [0.29, 0.717) is 10.8 Å². The van der Waals surface area contributed by atoms with E-state index in [9.17, 15) is 0 Å². The Labute approximate surface area is 134 Å². The molecule has 1 aliphatic heterocycles. The number of thioether (sulfide) groups is 1. The number of hydrogen-bond acceptors (Lipinski definition) is 3. The molecule has 0 aliphatic carbocycles. The number of piperidine rings is 1. The summed E-state index contributed by atoms with van der Waals surface area (Å²) in [6, 6.07) is 11.6. The molecule has 0 atom stereocenters. The molecule has 0 aromatic heterocycles. The number of nitrogens with zero attached hydrogens (tertiary/aromatic N) is 1. The van der Waals surface area contributed by atoms with Crippen molar-refractivity contribution in [1.29, 1.82) is 0 Å². The van der Waals surface area contributed by atoms with Crippen molar-refractivity contribution in [2.24, 2.45) is 0 Å². The first-order valence-corrected chi connectivity index (χ1v) is 9.36. The number of benzene rings is 1. The van der Waals surface area contributed by atoms with Gasteiger partial charge in [-0.15, -0.1) is 0 Å². The van der Waals surface area contributed by atoms with Crippen LogP contribution in [0.3, 0.4) is 0 Å². The molecule has 1 aliphatic rings. The van der Waals surface area contributed by atoms with Crippen LogP contribution < -0.4 is 5.32 Å². The lowest BCUT2D eigenvalue weighted by molar-refractivity contribution is 0.198. The van der Waals surface area contributed by atoms with Gasteiger partial charge in [0.05, 0.1) is 0 Å². The molecule has 2 rings (SSSR count). The average Bonchev–Trinajstić information content (AvgIpc) is 2.53. The molecule has 1 saturated heterocycles. The predicted molar refractivity (Wildman–Crippen MR) is 95.2 cm³/mol. The Morgan fingerprint density at radius 3 is 2.48 bits per heavy atom. The van der Waals surface area contributed by atoms with Gasteiger partial charge < -0.3 is 10.2 Å². The van der Waals surface area contributed by atoms with Crippen LogP contribution in [0.15, 0.2) is 30.3 Å². The Hall–Kier alpha value is -0.510. The Morgan fingerprint density at radius 1 is 1.19 bits per heavy atom. The summed E-state index contributed by atoms with van der Waals surface area (Å²) >= 11 is 1.95. The first kappa shape index (κ1) is 16.9. The molecule has 3 heteroatoms. The summed E-state index contributed by atoms with van der Waals surface area (Å²) in [5, 5.41) is 3.76. The minimum absolute atomic E-state index is 0.352. The molecule has 0 saturated carbocycles.